The van der Waals surface area contributed by atoms with Gasteiger partial charge in [0.1, 0.15) is 0 Å². The molecule has 5 heteroatoms. The minimum absolute atomic E-state index is 0.0224. The molecule has 1 aromatic carbocycles. The summed E-state index contributed by atoms with van der Waals surface area (Å²) in [7, 11) is 0. The van der Waals surface area contributed by atoms with Gasteiger partial charge in [-0.05, 0) is 81.8 Å². The molecule has 2 aliphatic rings. The number of halogens is 1. The van der Waals surface area contributed by atoms with Crippen LogP contribution in [0.5, 0.6) is 0 Å². The third-order valence-electron chi connectivity index (χ3n) is 5.70. The van der Waals surface area contributed by atoms with E-state index in [-0.39, 0.29) is 5.25 Å². The van der Waals surface area contributed by atoms with Crippen molar-refractivity contribution >= 4 is 33.6 Å². The van der Waals surface area contributed by atoms with E-state index in [9.17, 15) is 4.79 Å². The zero-order valence-corrected chi connectivity index (χ0v) is 18.4. The summed E-state index contributed by atoms with van der Waals surface area (Å²) in [6.45, 7) is 9.93. The van der Waals surface area contributed by atoms with Crippen LogP contribution in [-0.2, 0) is 4.79 Å². The number of piperidine rings is 2. The fraction of sp³-hybridized carbons (Fsp3) is 0.667. The molecule has 3 rings (SSSR count). The Labute approximate surface area is 171 Å². The number of hydrogen-bond donors (Lipinski definition) is 0. The first kappa shape index (κ1) is 20.2. The van der Waals surface area contributed by atoms with Gasteiger partial charge in [0.05, 0.1) is 5.25 Å². The van der Waals surface area contributed by atoms with E-state index in [4.69, 9.17) is 0 Å². The smallest absolute Gasteiger partial charge is 0.235 e. The molecule has 2 aliphatic heterocycles. The summed E-state index contributed by atoms with van der Waals surface area (Å²) >= 11 is 5.13. The Balaban J connectivity index is 1.49. The maximum Gasteiger partial charge on any atom is 0.235 e. The Morgan fingerprint density at radius 2 is 1.88 bits per heavy atom. The molecule has 144 valence electrons. The van der Waals surface area contributed by atoms with E-state index in [1.807, 2.05) is 19.1 Å². The zero-order valence-electron chi connectivity index (χ0n) is 16.0. The van der Waals surface area contributed by atoms with Crippen LogP contribution in [0.15, 0.2) is 33.6 Å². The molecular weight excluding hydrogens is 408 g/mol. The Morgan fingerprint density at radius 1 is 1.19 bits per heavy atom. The van der Waals surface area contributed by atoms with Crippen molar-refractivity contribution in [3.8, 4) is 0 Å². The highest BCUT2D eigenvalue weighted by molar-refractivity contribution is 9.10. The first-order valence-electron chi connectivity index (χ1n) is 9.94. The van der Waals surface area contributed by atoms with Crippen LogP contribution in [0, 0.1) is 11.8 Å². The lowest BCUT2D eigenvalue weighted by Crippen LogP contribution is -2.47. The number of benzene rings is 1. The highest BCUT2D eigenvalue weighted by Crippen LogP contribution is 2.28. The van der Waals surface area contributed by atoms with Crippen molar-refractivity contribution in [1.82, 2.24) is 9.80 Å². The molecule has 0 radical (unpaired) electrons. The van der Waals surface area contributed by atoms with E-state index in [0.717, 1.165) is 34.8 Å². The average Bonchev–Trinajstić information content (AvgIpc) is 2.65. The second-order valence-electron chi connectivity index (χ2n) is 7.99. The molecule has 26 heavy (non-hydrogen) atoms. The van der Waals surface area contributed by atoms with Gasteiger partial charge >= 0.3 is 0 Å². The third-order valence-corrected chi connectivity index (χ3v) is 7.33. The lowest BCUT2D eigenvalue weighted by molar-refractivity contribution is -0.132. The van der Waals surface area contributed by atoms with Crippen LogP contribution < -0.4 is 0 Å². The Bertz CT molecular complexity index is 586. The van der Waals surface area contributed by atoms with Crippen LogP contribution in [0.4, 0.5) is 0 Å². The van der Waals surface area contributed by atoms with E-state index in [1.165, 1.54) is 38.9 Å². The number of amides is 1. The number of nitrogens with zero attached hydrogens (tertiary/aromatic N) is 2. The number of likely N-dealkylation sites (tertiary alicyclic amines) is 2. The lowest BCUT2D eigenvalue weighted by atomic mass is 9.94. The average molecular weight is 439 g/mol. The van der Waals surface area contributed by atoms with Gasteiger partial charge in [0.15, 0.2) is 0 Å². The van der Waals surface area contributed by atoms with Gasteiger partial charge in [0.2, 0.25) is 5.91 Å². The maximum absolute atomic E-state index is 12.9. The molecule has 2 atom stereocenters. The molecular formula is C21H31BrN2OS. The molecule has 2 fully saturated rings. The summed E-state index contributed by atoms with van der Waals surface area (Å²) in [5, 5.41) is -0.0224. The molecule has 3 nitrogen and oxygen atoms in total. The van der Waals surface area contributed by atoms with Crippen molar-refractivity contribution in [3.05, 3.63) is 28.7 Å². The second-order valence-corrected chi connectivity index (χ2v) is 10.3. The van der Waals surface area contributed by atoms with Crippen molar-refractivity contribution in [2.45, 2.75) is 49.7 Å². The van der Waals surface area contributed by atoms with Gasteiger partial charge in [-0.2, -0.15) is 0 Å². The van der Waals surface area contributed by atoms with E-state index in [0.29, 0.717) is 11.8 Å². The summed E-state index contributed by atoms with van der Waals surface area (Å²) in [5.41, 5.74) is 0. The van der Waals surface area contributed by atoms with Gasteiger partial charge < -0.3 is 9.80 Å². The molecule has 0 N–H and O–H groups in total. The maximum atomic E-state index is 12.9. The Hall–Kier alpha value is -0.520. The molecule has 0 bridgehead atoms. The van der Waals surface area contributed by atoms with Crippen LogP contribution in [0.25, 0.3) is 0 Å². The molecule has 0 saturated carbocycles. The number of hydrogen-bond acceptors (Lipinski definition) is 3. The van der Waals surface area contributed by atoms with Crippen LogP contribution in [0.2, 0.25) is 0 Å². The Morgan fingerprint density at radius 3 is 2.58 bits per heavy atom. The van der Waals surface area contributed by atoms with E-state index >= 15 is 0 Å². The molecule has 2 heterocycles. The highest BCUT2D eigenvalue weighted by atomic mass is 79.9. The normalized spacial score (nSPS) is 23.8. The fourth-order valence-corrected chi connectivity index (χ4v) is 5.26. The third kappa shape index (κ3) is 5.74. The standard InChI is InChI=1S/C21H31BrN2OS/c1-16-9-12-23(13-10-16)14-18-4-3-11-24(15-18)21(25)17(2)26-20-7-5-19(22)6-8-20/h5-8,16-18H,3-4,9-15H2,1-2H3. The van der Waals surface area contributed by atoms with Crippen LogP contribution in [0.1, 0.15) is 39.5 Å². The predicted molar refractivity (Wildman–Crippen MR) is 114 cm³/mol. The first-order valence-corrected chi connectivity index (χ1v) is 11.6. The van der Waals surface area contributed by atoms with Crippen molar-refractivity contribution in [1.29, 1.82) is 0 Å². The highest BCUT2D eigenvalue weighted by Gasteiger charge is 2.29. The van der Waals surface area contributed by atoms with Crippen molar-refractivity contribution in [3.63, 3.8) is 0 Å². The summed E-state index contributed by atoms with van der Waals surface area (Å²) in [6.07, 6.45) is 5.08. The zero-order chi connectivity index (χ0) is 18.5. The van der Waals surface area contributed by atoms with Crippen LogP contribution >= 0.6 is 27.7 Å². The summed E-state index contributed by atoms with van der Waals surface area (Å²) < 4.78 is 1.08. The minimum atomic E-state index is -0.0224. The van der Waals surface area contributed by atoms with Crippen LogP contribution in [0.3, 0.4) is 0 Å². The van der Waals surface area contributed by atoms with Gasteiger partial charge in [-0.25, -0.2) is 0 Å². The SMILES string of the molecule is CC1CCN(CC2CCCN(C(=O)C(C)Sc3ccc(Br)cc3)C2)CC1. The largest absolute Gasteiger partial charge is 0.341 e. The molecule has 2 unspecified atom stereocenters. The lowest BCUT2D eigenvalue weighted by Gasteiger charge is -2.38. The topological polar surface area (TPSA) is 23.6 Å². The first-order chi connectivity index (χ1) is 12.5. The van der Waals surface area contributed by atoms with Gasteiger partial charge in [-0.15, -0.1) is 11.8 Å². The van der Waals surface area contributed by atoms with Gasteiger partial charge in [0.25, 0.3) is 0 Å². The van der Waals surface area contributed by atoms with E-state index in [1.54, 1.807) is 11.8 Å². The quantitative estimate of drug-likeness (QED) is 0.610. The molecule has 1 amide bonds. The molecule has 0 aliphatic carbocycles. The number of rotatable bonds is 5. The summed E-state index contributed by atoms with van der Waals surface area (Å²) in [6, 6.07) is 8.23. The fourth-order valence-electron chi connectivity index (χ4n) is 4.05. The van der Waals surface area contributed by atoms with E-state index in [2.05, 4.69) is 44.8 Å². The van der Waals surface area contributed by atoms with Gasteiger partial charge in [0, 0.05) is 29.0 Å². The van der Waals surface area contributed by atoms with Gasteiger partial charge in [-0.1, -0.05) is 22.9 Å². The van der Waals surface area contributed by atoms with Gasteiger partial charge in [-0.3, -0.25) is 4.79 Å². The van der Waals surface area contributed by atoms with Crippen LogP contribution in [-0.4, -0.2) is 53.7 Å². The van der Waals surface area contributed by atoms with Crippen molar-refractivity contribution in [2.24, 2.45) is 11.8 Å². The van der Waals surface area contributed by atoms with Crippen molar-refractivity contribution in [2.75, 3.05) is 32.7 Å². The Kier molecular flexibility index (Phi) is 7.47. The summed E-state index contributed by atoms with van der Waals surface area (Å²) in [4.78, 5) is 18.8. The van der Waals surface area contributed by atoms with Crippen molar-refractivity contribution < 1.29 is 4.79 Å². The molecule has 0 aromatic heterocycles. The predicted octanol–water partition coefficient (Wildman–Crippen LogP) is 4.90. The number of carbonyl (C=O) groups excluding carboxylic acids is 1. The molecule has 1 aromatic rings. The minimum Gasteiger partial charge on any atom is -0.341 e. The second kappa shape index (κ2) is 9.61. The molecule has 2 saturated heterocycles. The van der Waals surface area contributed by atoms with E-state index < -0.39 is 0 Å². The number of carbonyl (C=O) groups is 1. The summed E-state index contributed by atoms with van der Waals surface area (Å²) in [5.74, 6) is 1.83. The molecule has 0 spiro atoms. The number of thioether (sulfide) groups is 1. The monoisotopic (exact) mass is 438 g/mol.